The molecule has 1 aliphatic heterocycles. The third-order valence-corrected chi connectivity index (χ3v) is 5.50. The number of amides is 1. The summed E-state index contributed by atoms with van der Waals surface area (Å²) in [7, 11) is 0. The summed E-state index contributed by atoms with van der Waals surface area (Å²) in [6.07, 6.45) is 3.99. The van der Waals surface area contributed by atoms with E-state index in [4.69, 9.17) is 11.6 Å². The SMILES string of the molecule is CC(CNC(=O)C(C)Sc1ccc(Cl)cc1)CN1CCCCC1. The largest absolute Gasteiger partial charge is 0.355 e. The number of likely N-dealkylation sites (tertiary alicyclic amines) is 1. The first kappa shape index (κ1) is 18.6. The first-order valence-electron chi connectivity index (χ1n) is 8.47. The van der Waals surface area contributed by atoms with Gasteiger partial charge in [0.25, 0.3) is 0 Å². The predicted octanol–water partition coefficient (Wildman–Crippen LogP) is 4.06. The molecule has 2 atom stereocenters. The number of hydrogen-bond donors (Lipinski definition) is 1. The van der Waals surface area contributed by atoms with Gasteiger partial charge in [0, 0.05) is 23.0 Å². The quantitative estimate of drug-likeness (QED) is 0.749. The van der Waals surface area contributed by atoms with E-state index < -0.39 is 0 Å². The van der Waals surface area contributed by atoms with Crippen LogP contribution in [0.5, 0.6) is 0 Å². The highest BCUT2D eigenvalue weighted by atomic mass is 35.5. The van der Waals surface area contributed by atoms with Gasteiger partial charge in [-0.15, -0.1) is 11.8 Å². The minimum absolute atomic E-state index is 0.0987. The van der Waals surface area contributed by atoms with E-state index in [9.17, 15) is 4.79 Å². The molecule has 1 amide bonds. The first-order valence-corrected chi connectivity index (χ1v) is 9.72. The lowest BCUT2D eigenvalue weighted by Crippen LogP contribution is -2.39. The molecule has 0 radical (unpaired) electrons. The smallest absolute Gasteiger partial charge is 0.233 e. The van der Waals surface area contributed by atoms with E-state index in [1.165, 1.54) is 32.4 Å². The molecule has 3 nitrogen and oxygen atoms in total. The zero-order valence-electron chi connectivity index (χ0n) is 14.1. The van der Waals surface area contributed by atoms with Crippen molar-refractivity contribution in [3.05, 3.63) is 29.3 Å². The third-order valence-electron chi connectivity index (χ3n) is 4.14. The second-order valence-corrected chi connectivity index (χ2v) is 8.28. The average Bonchev–Trinajstić information content (AvgIpc) is 2.55. The summed E-state index contributed by atoms with van der Waals surface area (Å²) in [5, 5.41) is 3.71. The molecule has 1 heterocycles. The zero-order valence-corrected chi connectivity index (χ0v) is 15.6. The molecule has 1 aliphatic rings. The minimum Gasteiger partial charge on any atom is -0.355 e. The van der Waals surface area contributed by atoms with Crippen LogP contribution in [0.25, 0.3) is 0 Å². The van der Waals surface area contributed by atoms with E-state index >= 15 is 0 Å². The number of rotatable bonds is 7. The molecule has 2 rings (SSSR count). The molecule has 1 N–H and O–H groups in total. The second-order valence-electron chi connectivity index (χ2n) is 6.43. The fourth-order valence-electron chi connectivity index (χ4n) is 2.84. The van der Waals surface area contributed by atoms with Gasteiger partial charge in [-0.1, -0.05) is 24.9 Å². The molecule has 1 fully saturated rings. The summed E-state index contributed by atoms with van der Waals surface area (Å²) in [4.78, 5) is 15.8. The van der Waals surface area contributed by atoms with E-state index in [1.54, 1.807) is 11.8 Å². The van der Waals surface area contributed by atoms with Gasteiger partial charge in [-0.25, -0.2) is 0 Å². The summed E-state index contributed by atoms with van der Waals surface area (Å²) < 4.78 is 0. The molecular weight excluding hydrogens is 328 g/mol. The molecule has 0 aromatic heterocycles. The highest BCUT2D eigenvalue weighted by molar-refractivity contribution is 8.00. The Morgan fingerprint density at radius 1 is 1.22 bits per heavy atom. The Morgan fingerprint density at radius 2 is 1.87 bits per heavy atom. The van der Waals surface area contributed by atoms with Crippen LogP contribution < -0.4 is 5.32 Å². The lowest BCUT2D eigenvalue weighted by molar-refractivity contribution is -0.120. The van der Waals surface area contributed by atoms with Crippen molar-refractivity contribution in [1.29, 1.82) is 0 Å². The number of thioether (sulfide) groups is 1. The van der Waals surface area contributed by atoms with Gasteiger partial charge in [-0.05, 0) is 63.0 Å². The fourth-order valence-corrected chi connectivity index (χ4v) is 3.85. The molecule has 0 aliphatic carbocycles. The van der Waals surface area contributed by atoms with Gasteiger partial charge >= 0.3 is 0 Å². The molecule has 0 saturated carbocycles. The molecule has 128 valence electrons. The maximum Gasteiger partial charge on any atom is 0.233 e. The number of carbonyl (C=O) groups excluding carboxylic acids is 1. The Morgan fingerprint density at radius 3 is 2.52 bits per heavy atom. The lowest BCUT2D eigenvalue weighted by Gasteiger charge is -2.29. The number of piperidine rings is 1. The zero-order chi connectivity index (χ0) is 16.7. The minimum atomic E-state index is -0.0987. The van der Waals surface area contributed by atoms with Crippen LogP contribution in [0.3, 0.4) is 0 Å². The molecule has 0 bridgehead atoms. The van der Waals surface area contributed by atoms with Crippen molar-refractivity contribution in [2.75, 3.05) is 26.2 Å². The monoisotopic (exact) mass is 354 g/mol. The Hall–Kier alpha value is -0.710. The van der Waals surface area contributed by atoms with Crippen molar-refractivity contribution in [1.82, 2.24) is 10.2 Å². The van der Waals surface area contributed by atoms with Gasteiger partial charge in [-0.3, -0.25) is 4.79 Å². The number of benzene rings is 1. The van der Waals surface area contributed by atoms with Crippen LogP contribution in [0, 0.1) is 5.92 Å². The maximum atomic E-state index is 12.2. The number of nitrogens with zero attached hydrogens (tertiary/aromatic N) is 1. The van der Waals surface area contributed by atoms with Crippen LogP contribution in [0.15, 0.2) is 29.2 Å². The normalized spacial score (nSPS) is 18.4. The lowest BCUT2D eigenvalue weighted by atomic mass is 10.1. The average molecular weight is 355 g/mol. The Bertz CT molecular complexity index is 488. The van der Waals surface area contributed by atoms with Crippen molar-refractivity contribution in [3.8, 4) is 0 Å². The second kappa shape index (κ2) is 9.55. The summed E-state index contributed by atoms with van der Waals surface area (Å²) in [6.45, 7) is 8.41. The number of halogens is 1. The number of nitrogens with one attached hydrogen (secondary N) is 1. The van der Waals surface area contributed by atoms with E-state index in [-0.39, 0.29) is 11.2 Å². The molecule has 5 heteroatoms. The molecule has 1 aromatic carbocycles. The molecule has 23 heavy (non-hydrogen) atoms. The van der Waals surface area contributed by atoms with Crippen molar-refractivity contribution in [2.24, 2.45) is 5.92 Å². The van der Waals surface area contributed by atoms with Crippen molar-refractivity contribution in [3.63, 3.8) is 0 Å². The van der Waals surface area contributed by atoms with Gasteiger partial charge in [0.1, 0.15) is 0 Å². The van der Waals surface area contributed by atoms with Gasteiger partial charge in [-0.2, -0.15) is 0 Å². The van der Waals surface area contributed by atoms with E-state index in [0.29, 0.717) is 5.92 Å². The van der Waals surface area contributed by atoms with Crippen LogP contribution in [-0.4, -0.2) is 42.2 Å². The first-order chi connectivity index (χ1) is 11.0. The summed E-state index contributed by atoms with van der Waals surface area (Å²) >= 11 is 7.45. The Balaban J connectivity index is 1.69. The highest BCUT2D eigenvalue weighted by Crippen LogP contribution is 2.24. The maximum absolute atomic E-state index is 12.2. The van der Waals surface area contributed by atoms with Crippen LogP contribution in [0.2, 0.25) is 5.02 Å². The van der Waals surface area contributed by atoms with Crippen molar-refractivity contribution in [2.45, 2.75) is 43.3 Å². The fraction of sp³-hybridized carbons (Fsp3) is 0.611. The Labute approximate surface area is 149 Å². The van der Waals surface area contributed by atoms with Crippen LogP contribution in [0.4, 0.5) is 0 Å². The Kier molecular flexibility index (Phi) is 7.74. The number of carbonyl (C=O) groups is 1. The predicted molar refractivity (Wildman–Crippen MR) is 99.2 cm³/mol. The van der Waals surface area contributed by atoms with E-state index in [0.717, 1.165) is 23.0 Å². The van der Waals surface area contributed by atoms with Crippen LogP contribution >= 0.6 is 23.4 Å². The highest BCUT2D eigenvalue weighted by Gasteiger charge is 2.17. The molecule has 1 aromatic rings. The van der Waals surface area contributed by atoms with Crippen molar-refractivity contribution < 1.29 is 4.79 Å². The molecule has 0 spiro atoms. The van der Waals surface area contributed by atoms with Gasteiger partial charge in [0.15, 0.2) is 0 Å². The van der Waals surface area contributed by atoms with Crippen LogP contribution in [-0.2, 0) is 4.79 Å². The molecule has 1 saturated heterocycles. The number of hydrogen-bond acceptors (Lipinski definition) is 3. The topological polar surface area (TPSA) is 32.3 Å². The molecular formula is C18H27ClN2OS. The van der Waals surface area contributed by atoms with Gasteiger partial charge in [0.05, 0.1) is 5.25 Å². The van der Waals surface area contributed by atoms with Crippen LogP contribution in [0.1, 0.15) is 33.1 Å². The van der Waals surface area contributed by atoms with E-state index in [1.807, 2.05) is 31.2 Å². The van der Waals surface area contributed by atoms with Gasteiger partial charge in [0.2, 0.25) is 5.91 Å². The summed E-state index contributed by atoms with van der Waals surface area (Å²) in [5.74, 6) is 0.597. The van der Waals surface area contributed by atoms with Crippen molar-refractivity contribution >= 4 is 29.3 Å². The molecule has 2 unspecified atom stereocenters. The van der Waals surface area contributed by atoms with E-state index in [2.05, 4.69) is 17.1 Å². The summed E-state index contributed by atoms with van der Waals surface area (Å²) in [6, 6.07) is 7.62. The standard InChI is InChI=1S/C18H27ClN2OS/c1-14(13-21-10-4-3-5-11-21)12-20-18(22)15(2)23-17-8-6-16(19)7-9-17/h6-9,14-15H,3-5,10-13H2,1-2H3,(H,20,22). The summed E-state index contributed by atoms with van der Waals surface area (Å²) in [5.41, 5.74) is 0. The third kappa shape index (κ3) is 6.74. The van der Waals surface area contributed by atoms with Gasteiger partial charge < -0.3 is 10.2 Å².